The van der Waals surface area contributed by atoms with Gasteiger partial charge in [0.15, 0.2) is 0 Å². The summed E-state index contributed by atoms with van der Waals surface area (Å²) >= 11 is 0. The molecule has 0 saturated carbocycles. The zero-order valence-electron chi connectivity index (χ0n) is 8.97. The van der Waals surface area contributed by atoms with Gasteiger partial charge in [-0.2, -0.15) is 0 Å². The molecule has 1 aromatic heterocycles. The van der Waals surface area contributed by atoms with E-state index in [2.05, 4.69) is 0 Å². The first-order valence-corrected chi connectivity index (χ1v) is 5.24. The number of pyridine rings is 1. The SMILES string of the molecule is NCc1cccc(=O)n1Cc1ccccc1. The minimum Gasteiger partial charge on any atom is -0.325 e. The molecule has 0 unspecified atom stereocenters. The average Bonchev–Trinajstić information content (AvgIpc) is 2.33. The van der Waals surface area contributed by atoms with Crippen LogP contribution in [0.5, 0.6) is 0 Å². The van der Waals surface area contributed by atoms with E-state index in [1.165, 1.54) is 0 Å². The molecule has 0 atom stereocenters. The Labute approximate surface area is 94.1 Å². The van der Waals surface area contributed by atoms with Crippen molar-refractivity contribution in [1.82, 2.24) is 4.57 Å². The fourth-order valence-corrected chi connectivity index (χ4v) is 1.69. The van der Waals surface area contributed by atoms with Crippen LogP contribution in [-0.4, -0.2) is 4.57 Å². The van der Waals surface area contributed by atoms with Gasteiger partial charge in [-0.05, 0) is 11.6 Å². The van der Waals surface area contributed by atoms with Crippen molar-refractivity contribution in [3.05, 3.63) is 70.1 Å². The Kier molecular flexibility index (Phi) is 3.17. The van der Waals surface area contributed by atoms with Crippen LogP contribution in [0.1, 0.15) is 11.3 Å². The van der Waals surface area contributed by atoms with Crippen LogP contribution in [0.15, 0.2) is 53.3 Å². The molecule has 16 heavy (non-hydrogen) atoms. The van der Waals surface area contributed by atoms with Gasteiger partial charge in [-0.25, -0.2) is 0 Å². The molecule has 0 amide bonds. The van der Waals surface area contributed by atoms with E-state index in [4.69, 9.17) is 5.73 Å². The van der Waals surface area contributed by atoms with Gasteiger partial charge in [0, 0.05) is 18.3 Å². The van der Waals surface area contributed by atoms with Crippen LogP contribution < -0.4 is 11.3 Å². The van der Waals surface area contributed by atoms with Gasteiger partial charge >= 0.3 is 0 Å². The van der Waals surface area contributed by atoms with E-state index in [0.29, 0.717) is 13.1 Å². The summed E-state index contributed by atoms with van der Waals surface area (Å²) in [5, 5.41) is 0. The van der Waals surface area contributed by atoms with E-state index in [1.54, 1.807) is 16.7 Å². The van der Waals surface area contributed by atoms with Crippen LogP contribution in [-0.2, 0) is 13.1 Å². The van der Waals surface area contributed by atoms with Crippen LogP contribution in [0.4, 0.5) is 0 Å². The Morgan fingerprint density at radius 1 is 1.00 bits per heavy atom. The predicted molar refractivity (Wildman–Crippen MR) is 64.1 cm³/mol. The van der Waals surface area contributed by atoms with Crippen LogP contribution in [0.3, 0.4) is 0 Å². The average molecular weight is 214 g/mol. The van der Waals surface area contributed by atoms with Crippen molar-refractivity contribution in [2.75, 3.05) is 0 Å². The maximum absolute atomic E-state index is 11.7. The molecular formula is C13H14N2O. The summed E-state index contributed by atoms with van der Waals surface area (Å²) in [7, 11) is 0. The molecule has 2 aromatic rings. The molecule has 1 aromatic carbocycles. The van der Waals surface area contributed by atoms with Crippen molar-refractivity contribution in [3.63, 3.8) is 0 Å². The third-order valence-electron chi connectivity index (χ3n) is 2.53. The van der Waals surface area contributed by atoms with E-state index < -0.39 is 0 Å². The Hall–Kier alpha value is -1.87. The highest BCUT2D eigenvalue weighted by atomic mass is 16.1. The van der Waals surface area contributed by atoms with E-state index in [-0.39, 0.29) is 5.56 Å². The number of nitrogens with two attached hydrogens (primary N) is 1. The molecule has 2 rings (SSSR count). The number of rotatable bonds is 3. The molecule has 0 aliphatic heterocycles. The Morgan fingerprint density at radius 3 is 2.44 bits per heavy atom. The Balaban J connectivity index is 2.38. The number of nitrogens with zero attached hydrogens (tertiary/aromatic N) is 1. The highest BCUT2D eigenvalue weighted by molar-refractivity contribution is 5.17. The monoisotopic (exact) mass is 214 g/mol. The second kappa shape index (κ2) is 4.77. The van der Waals surface area contributed by atoms with Gasteiger partial charge < -0.3 is 10.3 Å². The summed E-state index contributed by atoms with van der Waals surface area (Å²) in [6, 6.07) is 15.1. The lowest BCUT2D eigenvalue weighted by atomic mass is 10.2. The van der Waals surface area contributed by atoms with Crippen molar-refractivity contribution >= 4 is 0 Å². The first-order valence-electron chi connectivity index (χ1n) is 5.24. The summed E-state index contributed by atoms with van der Waals surface area (Å²) < 4.78 is 1.70. The lowest BCUT2D eigenvalue weighted by Gasteiger charge is -2.10. The minimum atomic E-state index is -0.00759. The van der Waals surface area contributed by atoms with Crippen molar-refractivity contribution in [2.45, 2.75) is 13.1 Å². The van der Waals surface area contributed by atoms with Crippen molar-refractivity contribution in [1.29, 1.82) is 0 Å². The van der Waals surface area contributed by atoms with E-state index in [0.717, 1.165) is 11.3 Å². The summed E-state index contributed by atoms with van der Waals surface area (Å²) in [6.07, 6.45) is 0. The van der Waals surface area contributed by atoms with Crippen molar-refractivity contribution in [3.8, 4) is 0 Å². The van der Waals surface area contributed by atoms with Gasteiger partial charge in [-0.1, -0.05) is 36.4 Å². The van der Waals surface area contributed by atoms with Crippen LogP contribution in [0.2, 0.25) is 0 Å². The predicted octanol–water partition coefficient (Wildman–Crippen LogP) is 1.36. The van der Waals surface area contributed by atoms with E-state index in [9.17, 15) is 4.79 Å². The van der Waals surface area contributed by atoms with Gasteiger partial charge in [-0.15, -0.1) is 0 Å². The van der Waals surface area contributed by atoms with Crippen LogP contribution in [0.25, 0.3) is 0 Å². The maximum atomic E-state index is 11.7. The molecule has 0 bridgehead atoms. The van der Waals surface area contributed by atoms with Gasteiger partial charge in [0.2, 0.25) is 0 Å². The zero-order valence-corrected chi connectivity index (χ0v) is 8.97. The lowest BCUT2D eigenvalue weighted by Crippen LogP contribution is -2.24. The Bertz CT molecular complexity index is 517. The number of benzene rings is 1. The van der Waals surface area contributed by atoms with E-state index in [1.807, 2.05) is 36.4 Å². The molecule has 0 saturated heterocycles. The molecule has 1 heterocycles. The van der Waals surface area contributed by atoms with Gasteiger partial charge in [0.25, 0.3) is 5.56 Å². The molecule has 0 aliphatic rings. The Morgan fingerprint density at radius 2 is 1.75 bits per heavy atom. The quantitative estimate of drug-likeness (QED) is 0.838. The summed E-state index contributed by atoms with van der Waals surface area (Å²) in [4.78, 5) is 11.7. The number of hydrogen-bond acceptors (Lipinski definition) is 2. The molecule has 0 fully saturated rings. The van der Waals surface area contributed by atoms with Crippen LogP contribution in [0, 0.1) is 0 Å². The van der Waals surface area contributed by atoms with Crippen molar-refractivity contribution < 1.29 is 0 Å². The lowest BCUT2D eigenvalue weighted by molar-refractivity contribution is 0.701. The summed E-state index contributed by atoms with van der Waals surface area (Å²) in [5.41, 5.74) is 7.57. The first-order chi connectivity index (χ1) is 7.81. The molecule has 3 nitrogen and oxygen atoms in total. The summed E-state index contributed by atoms with van der Waals surface area (Å²) in [6.45, 7) is 0.954. The van der Waals surface area contributed by atoms with Crippen LogP contribution >= 0.6 is 0 Å². The zero-order chi connectivity index (χ0) is 11.4. The standard InChI is InChI=1S/C13H14N2O/c14-9-12-7-4-8-13(16)15(12)10-11-5-2-1-3-6-11/h1-8H,9-10,14H2. The second-order valence-corrected chi connectivity index (χ2v) is 3.63. The van der Waals surface area contributed by atoms with Crippen molar-refractivity contribution in [2.24, 2.45) is 5.73 Å². The topological polar surface area (TPSA) is 48.0 Å². The van der Waals surface area contributed by atoms with Gasteiger partial charge in [0.1, 0.15) is 0 Å². The molecule has 3 heteroatoms. The third-order valence-corrected chi connectivity index (χ3v) is 2.53. The van der Waals surface area contributed by atoms with Gasteiger partial charge in [0.05, 0.1) is 6.54 Å². The third kappa shape index (κ3) is 2.20. The minimum absolute atomic E-state index is 0.00759. The normalized spacial score (nSPS) is 10.3. The molecule has 82 valence electrons. The van der Waals surface area contributed by atoms with Gasteiger partial charge in [-0.3, -0.25) is 4.79 Å². The molecule has 0 radical (unpaired) electrons. The first kappa shape index (κ1) is 10.6. The smallest absolute Gasteiger partial charge is 0.251 e. The largest absolute Gasteiger partial charge is 0.325 e. The molecule has 0 spiro atoms. The number of aromatic nitrogens is 1. The fraction of sp³-hybridized carbons (Fsp3) is 0.154. The highest BCUT2D eigenvalue weighted by Gasteiger charge is 2.02. The highest BCUT2D eigenvalue weighted by Crippen LogP contribution is 2.03. The number of hydrogen-bond donors (Lipinski definition) is 1. The second-order valence-electron chi connectivity index (χ2n) is 3.63. The van der Waals surface area contributed by atoms with E-state index >= 15 is 0 Å². The maximum Gasteiger partial charge on any atom is 0.251 e. The molecule has 0 aliphatic carbocycles. The summed E-state index contributed by atoms with van der Waals surface area (Å²) in [5.74, 6) is 0. The fourth-order valence-electron chi connectivity index (χ4n) is 1.69. The molecular weight excluding hydrogens is 200 g/mol. The molecule has 2 N–H and O–H groups in total.